The van der Waals surface area contributed by atoms with E-state index in [1.54, 1.807) is 6.33 Å². The predicted molar refractivity (Wildman–Crippen MR) is 105 cm³/mol. The van der Waals surface area contributed by atoms with Gasteiger partial charge >= 0.3 is 0 Å². The number of benzene rings is 1. The van der Waals surface area contributed by atoms with Crippen molar-refractivity contribution in [2.75, 3.05) is 18.0 Å². The Balaban J connectivity index is 1.65. The van der Waals surface area contributed by atoms with Crippen LogP contribution in [0.4, 0.5) is 5.82 Å². The van der Waals surface area contributed by atoms with Crippen LogP contribution in [-0.4, -0.2) is 35.3 Å². The highest BCUT2D eigenvalue weighted by molar-refractivity contribution is 7.89. The van der Waals surface area contributed by atoms with E-state index in [0.717, 1.165) is 42.2 Å². The largest absolute Gasteiger partial charge is 0.382 e. The van der Waals surface area contributed by atoms with Gasteiger partial charge in [-0.15, -0.1) is 0 Å². The molecule has 0 saturated carbocycles. The third-order valence-corrected chi connectivity index (χ3v) is 5.86. The van der Waals surface area contributed by atoms with E-state index in [2.05, 4.69) is 19.3 Å². The van der Waals surface area contributed by atoms with Crippen molar-refractivity contribution in [3.63, 3.8) is 0 Å². The molecule has 140 valence electrons. The van der Waals surface area contributed by atoms with Crippen LogP contribution in [0.25, 0.3) is 21.9 Å². The Morgan fingerprint density at radius 3 is 2.81 bits per heavy atom. The molecule has 0 bridgehead atoms. The Labute approximate surface area is 153 Å². The van der Waals surface area contributed by atoms with Gasteiger partial charge < -0.3 is 10.3 Å². The van der Waals surface area contributed by atoms with Crippen LogP contribution in [0, 0.1) is 0 Å². The van der Waals surface area contributed by atoms with Crippen LogP contribution in [-0.2, 0) is 16.6 Å². The first-order valence-electron chi connectivity index (χ1n) is 8.98. The fourth-order valence-electron chi connectivity index (χ4n) is 3.02. The van der Waals surface area contributed by atoms with Crippen LogP contribution < -0.4 is 10.5 Å². The van der Waals surface area contributed by atoms with Gasteiger partial charge in [0.25, 0.3) is 0 Å². The van der Waals surface area contributed by atoms with Crippen molar-refractivity contribution in [1.29, 1.82) is 0 Å². The Hall–Kier alpha value is -2.19. The molecule has 2 heterocycles. The minimum absolute atomic E-state index is 0.202. The second-order valence-corrected chi connectivity index (χ2v) is 8.35. The van der Waals surface area contributed by atoms with Gasteiger partial charge in [0, 0.05) is 18.5 Å². The molecule has 2 aromatic heterocycles. The number of nitrogens with zero attached hydrogens (tertiary/aromatic N) is 3. The van der Waals surface area contributed by atoms with Gasteiger partial charge in [-0.25, -0.2) is 23.1 Å². The number of para-hydroxylation sites is 1. The van der Waals surface area contributed by atoms with Crippen molar-refractivity contribution >= 4 is 37.8 Å². The average molecular weight is 375 g/mol. The number of pyridine rings is 1. The molecule has 26 heavy (non-hydrogen) atoms. The van der Waals surface area contributed by atoms with Crippen molar-refractivity contribution in [2.45, 2.75) is 39.2 Å². The molecule has 0 unspecified atom stereocenters. The maximum atomic E-state index is 11.8. The number of rotatable bonds is 9. The number of nitrogens with one attached hydrogen (secondary N) is 1. The summed E-state index contributed by atoms with van der Waals surface area (Å²) in [6, 6.07) is 7.87. The summed E-state index contributed by atoms with van der Waals surface area (Å²) in [7, 11) is -3.14. The fraction of sp³-hybridized carbons (Fsp3) is 0.444. The molecule has 0 aliphatic heterocycles. The summed E-state index contributed by atoms with van der Waals surface area (Å²) in [6.07, 6.45) is 4.96. The molecule has 0 saturated heterocycles. The number of hydrogen-bond acceptors (Lipinski definition) is 5. The van der Waals surface area contributed by atoms with Gasteiger partial charge in [-0.05, 0) is 25.3 Å². The molecule has 0 fully saturated rings. The summed E-state index contributed by atoms with van der Waals surface area (Å²) in [6.45, 7) is 3.20. The highest BCUT2D eigenvalue weighted by atomic mass is 32.2. The van der Waals surface area contributed by atoms with E-state index in [0.29, 0.717) is 24.3 Å². The molecule has 8 heteroatoms. The number of nitrogen functional groups attached to an aromatic ring is 1. The van der Waals surface area contributed by atoms with Crippen LogP contribution in [0.15, 0.2) is 30.6 Å². The van der Waals surface area contributed by atoms with Gasteiger partial charge in [0.2, 0.25) is 10.0 Å². The van der Waals surface area contributed by atoms with Crippen LogP contribution >= 0.6 is 0 Å². The number of unbranched alkanes of at least 4 members (excludes halogenated alkanes) is 2. The minimum Gasteiger partial charge on any atom is -0.382 e. The molecular formula is C18H25N5O2S. The number of fused-ring (bicyclic) bond motifs is 3. The van der Waals surface area contributed by atoms with E-state index in [-0.39, 0.29) is 5.75 Å². The van der Waals surface area contributed by atoms with Crippen LogP contribution in [0.2, 0.25) is 0 Å². The molecule has 3 rings (SSSR count). The number of sulfonamides is 1. The molecule has 0 spiro atoms. The van der Waals surface area contributed by atoms with Crippen molar-refractivity contribution < 1.29 is 8.42 Å². The third-order valence-electron chi connectivity index (χ3n) is 4.39. The second kappa shape index (κ2) is 8.01. The van der Waals surface area contributed by atoms with Crippen molar-refractivity contribution in [2.24, 2.45) is 0 Å². The number of nitrogens with two attached hydrogens (primary N) is 1. The Bertz CT molecular complexity index is 997. The summed E-state index contributed by atoms with van der Waals surface area (Å²) in [5.74, 6) is 0.634. The summed E-state index contributed by atoms with van der Waals surface area (Å²) in [5.41, 5.74) is 8.58. The SMILES string of the molecule is CCCCS(=O)(=O)NCCCCn1cnc2c(N)nc3ccccc3c21. The van der Waals surface area contributed by atoms with Gasteiger partial charge in [0.15, 0.2) is 5.82 Å². The Morgan fingerprint density at radius 2 is 2.00 bits per heavy atom. The minimum atomic E-state index is -3.14. The second-order valence-electron chi connectivity index (χ2n) is 6.42. The lowest BCUT2D eigenvalue weighted by Crippen LogP contribution is -2.27. The van der Waals surface area contributed by atoms with Gasteiger partial charge in [0.1, 0.15) is 5.52 Å². The lowest BCUT2D eigenvalue weighted by Gasteiger charge is -2.09. The molecular weight excluding hydrogens is 350 g/mol. The molecule has 0 radical (unpaired) electrons. The standard InChI is InChI=1S/C18H25N5O2S/c1-2-3-12-26(24,25)21-10-6-7-11-23-13-20-16-17(23)14-8-4-5-9-15(14)22-18(16)19/h4-5,8-9,13,21H,2-3,6-7,10-12H2,1H3,(H2,19,22). The molecule has 1 aromatic carbocycles. The maximum Gasteiger partial charge on any atom is 0.211 e. The van der Waals surface area contributed by atoms with E-state index >= 15 is 0 Å². The molecule has 0 aliphatic carbocycles. The highest BCUT2D eigenvalue weighted by Crippen LogP contribution is 2.27. The Kier molecular flexibility index (Phi) is 5.73. The molecule has 0 amide bonds. The van der Waals surface area contributed by atoms with Gasteiger partial charge in [-0.2, -0.15) is 0 Å². The predicted octanol–water partition coefficient (Wildman–Crippen LogP) is 2.67. The quantitative estimate of drug-likeness (QED) is 0.560. The molecule has 0 atom stereocenters. The smallest absolute Gasteiger partial charge is 0.211 e. The zero-order valence-corrected chi connectivity index (χ0v) is 15.8. The first kappa shape index (κ1) is 18.6. The zero-order chi connectivity index (χ0) is 18.6. The zero-order valence-electron chi connectivity index (χ0n) is 15.0. The van der Waals surface area contributed by atoms with E-state index in [4.69, 9.17) is 5.73 Å². The summed E-state index contributed by atoms with van der Waals surface area (Å²) in [4.78, 5) is 8.81. The van der Waals surface area contributed by atoms with Crippen LogP contribution in [0.5, 0.6) is 0 Å². The number of aromatic nitrogens is 3. The first-order chi connectivity index (χ1) is 12.5. The number of aryl methyl sites for hydroxylation is 1. The number of anilines is 1. The number of hydrogen-bond donors (Lipinski definition) is 2. The lowest BCUT2D eigenvalue weighted by molar-refractivity contribution is 0.566. The van der Waals surface area contributed by atoms with E-state index in [1.807, 2.05) is 31.2 Å². The van der Waals surface area contributed by atoms with E-state index in [1.165, 1.54) is 0 Å². The summed E-state index contributed by atoms with van der Waals surface area (Å²) >= 11 is 0. The van der Waals surface area contributed by atoms with Crippen LogP contribution in [0.1, 0.15) is 32.6 Å². The topological polar surface area (TPSA) is 103 Å². The van der Waals surface area contributed by atoms with Crippen molar-refractivity contribution in [1.82, 2.24) is 19.3 Å². The third kappa shape index (κ3) is 4.13. The molecule has 0 aliphatic rings. The maximum absolute atomic E-state index is 11.8. The summed E-state index contributed by atoms with van der Waals surface area (Å²) in [5, 5.41) is 1.02. The van der Waals surface area contributed by atoms with Gasteiger partial charge in [-0.3, -0.25) is 0 Å². The summed E-state index contributed by atoms with van der Waals surface area (Å²) < 4.78 is 28.3. The monoisotopic (exact) mass is 375 g/mol. The lowest BCUT2D eigenvalue weighted by atomic mass is 10.2. The highest BCUT2D eigenvalue weighted by Gasteiger charge is 2.12. The van der Waals surface area contributed by atoms with Gasteiger partial charge in [0.05, 0.1) is 23.1 Å². The first-order valence-corrected chi connectivity index (χ1v) is 10.6. The van der Waals surface area contributed by atoms with Crippen molar-refractivity contribution in [3.05, 3.63) is 30.6 Å². The Morgan fingerprint density at radius 1 is 1.19 bits per heavy atom. The van der Waals surface area contributed by atoms with Gasteiger partial charge in [-0.1, -0.05) is 31.5 Å². The molecule has 3 N–H and O–H groups in total. The average Bonchev–Trinajstić information content (AvgIpc) is 3.05. The van der Waals surface area contributed by atoms with E-state index in [9.17, 15) is 8.42 Å². The molecule has 3 aromatic rings. The molecule has 7 nitrogen and oxygen atoms in total. The number of imidazole rings is 1. The fourth-order valence-corrected chi connectivity index (χ4v) is 4.29. The van der Waals surface area contributed by atoms with Crippen molar-refractivity contribution in [3.8, 4) is 0 Å². The van der Waals surface area contributed by atoms with E-state index < -0.39 is 10.0 Å². The van der Waals surface area contributed by atoms with Crippen LogP contribution in [0.3, 0.4) is 0 Å². The normalized spacial score (nSPS) is 12.2.